The molecule has 0 saturated heterocycles. The second-order valence-corrected chi connectivity index (χ2v) is 7.38. The van der Waals surface area contributed by atoms with Crippen LogP contribution in [-0.4, -0.2) is 0 Å². The van der Waals surface area contributed by atoms with Gasteiger partial charge in [0.05, 0.1) is 0 Å². The van der Waals surface area contributed by atoms with Gasteiger partial charge in [0.25, 0.3) is 0 Å². The van der Waals surface area contributed by atoms with Crippen LogP contribution >= 0.6 is 0 Å². The van der Waals surface area contributed by atoms with E-state index >= 15 is 0 Å². The first-order valence-electron chi connectivity index (χ1n) is 8.96. The zero-order valence-electron chi connectivity index (χ0n) is 15.3. The molecule has 3 aromatic rings. The molecule has 0 N–H and O–H groups in total. The van der Waals surface area contributed by atoms with Gasteiger partial charge >= 0.3 is 0 Å². The molecule has 27 heavy (non-hydrogen) atoms. The molecule has 3 heteroatoms. The van der Waals surface area contributed by atoms with Gasteiger partial charge in [-0.05, 0) is 35.5 Å². The van der Waals surface area contributed by atoms with Crippen molar-refractivity contribution in [1.82, 2.24) is 0 Å². The van der Waals surface area contributed by atoms with Gasteiger partial charge in [-0.2, -0.15) is 12.1 Å². The van der Waals surface area contributed by atoms with E-state index in [0.29, 0.717) is 0 Å². The van der Waals surface area contributed by atoms with Crippen molar-refractivity contribution >= 4 is 11.4 Å². The van der Waals surface area contributed by atoms with E-state index in [2.05, 4.69) is 109 Å². The Morgan fingerprint density at radius 3 is 2.33 bits per heavy atom. The van der Waals surface area contributed by atoms with Crippen LogP contribution in [0.1, 0.15) is 25.0 Å². The molecule has 5 rings (SSSR count). The fourth-order valence-electron chi connectivity index (χ4n) is 4.03. The molecule has 0 aromatic heterocycles. The van der Waals surface area contributed by atoms with Gasteiger partial charge in [0.15, 0.2) is 0 Å². The minimum Gasteiger partial charge on any atom is -0.500 e. The Hall–Kier alpha value is -2.35. The van der Waals surface area contributed by atoms with Crippen LogP contribution < -0.4 is 9.80 Å². The standard InChI is InChI=1S/C24H20N2.Ir/c1-24(2)22-11-7-6-10-20(22)21-13-12-19(16-23(21)24)26-15-14-25(17-26)18-8-4-3-5-9-18;/h3-11,13-17H,1-2H3;/q-2;. The molecule has 0 saturated carbocycles. The van der Waals surface area contributed by atoms with Crippen molar-refractivity contribution < 1.29 is 20.1 Å². The number of anilines is 2. The van der Waals surface area contributed by atoms with E-state index in [1.165, 1.54) is 22.3 Å². The molecule has 1 aliphatic carbocycles. The molecule has 0 bridgehead atoms. The van der Waals surface area contributed by atoms with Gasteiger partial charge in [-0.1, -0.05) is 61.9 Å². The van der Waals surface area contributed by atoms with Gasteiger partial charge in [-0.3, -0.25) is 0 Å². The van der Waals surface area contributed by atoms with Crippen molar-refractivity contribution in [1.29, 1.82) is 0 Å². The third kappa shape index (κ3) is 2.82. The second kappa shape index (κ2) is 6.67. The van der Waals surface area contributed by atoms with Gasteiger partial charge in [0, 0.05) is 25.8 Å². The maximum Gasteiger partial charge on any atom is 0.0124 e. The topological polar surface area (TPSA) is 6.48 Å². The maximum absolute atomic E-state index is 3.48. The summed E-state index contributed by atoms with van der Waals surface area (Å²) in [7, 11) is 0. The minimum atomic E-state index is 0. The SMILES string of the molecule is CC1(C)c2ccccc2-c2c[c-]c(N3C=CN(c4ccccc4)[CH-]3)cc21.[Ir]. The normalized spacial score (nSPS) is 16.1. The summed E-state index contributed by atoms with van der Waals surface area (Å²) < 4.78 is 0. The summed E-state index contributed by atoms with van der Waals surface area (Å²) >= 11 is 0. The Morgan fingerprint density at radius 1 is 0.815 bits per heavy atom. The molecule has 2 aliphatic rings. The predicted molar refractivity (Wildman–Crippen MR) is 108 cm³/mol. The van der Waals surface area contributed by atoms with Gasteiger partial charge in [-0.15, -0.1) is 29.5 Å². The average molecular weight is 529 g/mol. The van der Waals surface area contributed by atoms with Crippen molar-refractivity contribution in [3.8, 4) is 11.1 Å². The summed E-state index contributed by atoms with van der Waals surface area (Å²) in [4.78, 5) is 4.26. The Kier molecular flexibility index (Phi) is 4.45. The van der Waals surface area contributed by atoms with Crippen molar-refractivity contribution in [2.24, 2.45) is 0 Å². The van der Waals surface area contributed by atoms with Crippen LogP contribution in [0.25, 0.3) is 11.1 Å². The molecule has 1 radical (unpaired) electrons. The summed E-state index contributed by atoms with van der Waals surface area (Å²) in [6.07, 6.45) is 4.16. The van der Waals surface area contributed by atoms with Crippen molar-refractivity contribution in [2.75, 3.05) is 9.80 Å². The first-order chi connectivity index (χ1) is 12.6. The number of rotatable bonds is 2. The monoisotopic (exact) mass is 529 g/mol. The molecule has 0 fully saturated rings. The molecule has 1 heterocycles. The van der Waals surface area contributed by atoms with Crippen LogP contribution in [0.4, 0.5) is 11.4 Å². The molecule has 1 aliphatic heterocycles. The quantitative estimate of drug-likeness (QED) is 0.394. The molecular formula is C24H20IrN2-2. The van der Waals surface area contributed by atoms with Gasteiger partial charge in [0.2, 0.25) is 0 Å². The average Bonchev–Trinajstić information content (AvgIpc) is 3.26. The van der Waals surface area contributed by atoms with Crippen LogP contribution in [0, 0.1) is 12.7 Å². The zero-order valence-corrected chi connectivity index (χ0v) is 17.7. The Morgan fingerprint density at radius 2 is 1.52 bits per heavy atom. The van der Waals surface area contributed by atoms with Gasteiger partial charge in [0.1, 0.15) is 0 Å². The number of para-hydroxylation sites is 1. The predicted octanol–water partition coefficient (Wildman–Crippen LogP) is 5.71. The van der Waals surface area contributed by atoms with E-state index in [1.807, 2.05) is 6.07 Å². The number of benzene rings is 3. The van der Waals surface area contributed by atoms with E-state index in [1.54, 1.807) is 0 Å². The Labute approximate surface area is 174 Å². The number of nitrogens with zero attached hydrogens (tertiary/aromatic N) is 2. The van der Waals surface area contributed by atoms with Crippen LogP contribution in [0.3, 0.4) is 0 Å². The zero-order chi connectivity index (χ0) is 17.7. The first-order valence-corrected chi connectivity index (χ1v) is 8.96. The van der Waals surface area contributed by atoms with E-state index < -0.39 is 0 Å². The van der Waals surface area contributed by atoms with E-state index in [4.69, 9.17) is 0 Å². The molecule has 0 amide bonds. The van der Waals surface area contributed by atoms with Crippen LogP contribution in [0.5, 0.6) is 0 Å². The summed E-state index contributed by atoms with van der Waals surface area (Å²) in [6, 6.07) is 27.0. The third-order valence-electron chi connectivity index (χ3n) is 5.47. The molecule has 3 aromatic carbocycles. The van der Waals surface area contributed by atoms with Gasteiger partial charge in [-0.25, -0.2) is 0 Å². The van der Waals surface area contributed by atoms with Crippen LogP contribution in [0.2, 0.25) is 0 Å². The summed E-state index contributed by atoms with van der Waals surface area (Å²) in [6.45, 7) is 6.71. The van der Waals surface area contributed by atoms with Crippen LogP contribution in [0.15, 0.2) is 79.1 Å². The minimum absolute atomic E-state index is 0. The summed E-state index contributed by atoms with van der Waals surface area (Å²) in [5, 5.41) is 0. The van der Waals surface area contributed by atoms with E-state index in [-0.39, 0.29) is 25.5 Å². The largest absolute Gasteiger partial charge is 0.500 e. The molecular weight excluding hydrogens is 508 g/mol. The number of fused-ring (bicyclic) bond motifs is 3. The number of hydrogen-bond acceptors (Lipinski definition) is 2. The fraction of sp³-hybridized carbons (Fsp3) is 0.125. The number of hydrogen-bond donors (Lipinski definition) is 0. The van der Waals surface area contributed by atoms with Crippen LogP contribution in [-0.2, 0) is 25.5 Å². The van der Waals surface area contributed by atoms with Crippen molar-refractivity contribution in [2.45, 2.75) is 19.3 Å². The summed E-state index contributed by atoms with van der Waals surface area (Å²) in [5.41, 5.74) is 7.64. The van der Waals surface area contributed by atoms with E-state index in [9.17, 15) is 0 Å². The molecule has 0 unspecified atom stereocenters. The smallest absolute Gasteiger partial charge is 0.0124 e. The van der Waals surface area contributed by atoms with Crippen molar-refractivity contribution in [3.05, 3.63) is 103 Å². The Bertz CT molecular complexity index is 1010. The second-order valence-electron chi connectivity index (χ2n) is 7.38. The van der Waals surface area contributed by atoms with Crippen molar-refractivity contribution in [3.63, 3.8) is 0 Å². The summed E-state index contributed by atoms with van der Waals surface area (Å²) in [5.74, 6) is 0. The third-order valence-corrected chi connectivity index (χ3v) is 5.47. The molecule has 0 spiro atoms. The van der Waals surface area contributed by atoms with Gasteiger partial charge < -0.3 is 9.80 Å². The maximum atomic E-state index is 3.48. The fourth-order valence-corrected chi connectivity index (χ4v) is 4.03. The molecule has 2 nitrogen and oxygen atoms in total. The Balaban J connectivity index is 0.00000180. The molecule has 137 valence electrons. The van der Waals surface area contributed by atoms with E-state index in [0.717, 1.165) is 11.4 Å². The first kappa shape index (κ1) is 18.0. The molecule has 0 atom stereocenters.